The van der Waals surface area contributed by atoms with Crippen molar-refractivity contribution in [2.45, 2.75) is 13.3 Å². The lowest BCUT2D eigenvalue weighted by Crippen LogP contribution is -1.63. The highest BCUT2D eigenvalue weighted by Crippen LogP contribution is 1.96. The minimum Gasteiger partial charge on any atom is -0.513 e. The summed E-state index contributed by atoms with van der Waals surface area (Å²) < 4.78 is 11.5. The van der Waals surface area contributed by atoms with Gasteiger partial charge in [-0.2, -0.15) is 0 Å². The molecule has 2 heteroatoms. The first-order valence-corrected chi connectivity index (χ1v) is 1.80. The van der Waals surface area contributed by atoms with E-state index in [-0.39, 0.29) is 6.42 Å². The van der Waals surface area contributed by atoms with E-state index in [4.69, 9.17) is 5.11 Å². The zero-order valence-corrected chi connectivity index (χ0v) is 3.61. The van der Waals surface area contributed by atoms with Crippen LogP contribution in [0.15, 0.2) is 12.1 Å². The maximum Gasteiger partial charge on any atom is 0.134 e. The molecule has 0 rings (SSSR count). The second-order valence-electron chi connectivity index (χ2n) is 0.930. The molecule has 0 atom stereocenters. The molecule has 0 aromatic carbocycles. The van der Waals surface area contributed by atoms with E-state index in [1.54, 1.807) is 6.92 Å². The van der Waals surface area contributed by atoms with E-state index in [2.05, 4.69) is 0 Å². The first-order valence-electron chi connectivity index (χ1n) is 1.80. The number of hydrogen-bond donors (Lipinski definition) is 1. The molecule has 0 aliphatic rings. The molecule has 0 heterocycles. The summed E-state index contributed by atoms with van der Waals surface area (Å²) in [5.74, 6) is -0.477. The summed E-state index contributed by atoms with van der Waals surface area (Å²) in [5.41, 5.74) is 0. The molecule has 0 radical (unpaired) electrons. The van der Waals surface area contributed by atoms with Gasteiger partial charge in [0.05, 0.1) is 0 Å². The zero-order chi connectivity index (χ0) is 4.99. The first kappa shape index (κ1) is 5.47. The van der Waals surface area contributed by atoms with Gasteiger partial charge >= 0.3 is 0 Å². The Morgan fingerprint density at radius 2 is 2.50 bits per heavy atom. The van der Waals surface area contributed by atoms with Crippen LogP contribution in [0, 0.1) is 0 Å². The van der Waals surface area contributed by atoms with Crippen molar-refractivity contribution in [3.8, 4) is 0 Å². The van der Waals surface area contributed by atoms with Crippen LogP contribution in [0.25, 0.3) is 0 Å². The van der Waals surface area contributed by atoms with Crippen molar-refractivity contribution in [1.82, 2.24) is 0 Å². The van der Waals surface area contributed by atoms with Crippen molar-refractivity contribution in [1.29, 1.82) is 0 Å². The molecular formula is C4H7FO. The standard InChI is InChI=1S/C4H7FO/c1-2-4(5)3-6/h3,6H,2H2,1H3. The highest BCUT2D eigenvalue weighted by atomic mass is 19.1. The van der Waals surface area contributed by atoms with Crippen LogP contribution >= 0.6 is 0 Å². The summed E-state index contributed by atoms with van der Waals surface area (Å²) in [7, 11) is 0. The molecule has 0 unspecified atom stereocenters. The van der Waals surface area contributed by atoms with Gasteiger partial charge in [0.25, 0.3) is 0 Å². The largest absolute Gasteiger partial charge is 0.513 e. The van der Waals surface area contributed by atoms with E-state index in [0.717, 1.165) is 0 Å². The smallest absolute Gasteiger partial charge is 0.134 e. The first-order chi connectivity index (χ1) is 2.81. The third-order valence-corrected chi connectivity index (χ3v) is 0.478. The average molecular weight is 90.1 g/mol. The topological polar surface area (TPSA) is 20.2 Å². The maximum absolute atomic E-state index is 11.5. The third kappa shape index (κ3) is 1.76. The van der Waals surface area contributed by atoms with Crippen molar-refractivity contribution >= 4 is 0 Å². The van der Waals surface area contributed by atoms with Gasteiger partial charge < -0.3 is 5.11 Å². The lowest BCUT2D eigenvalue weighted by Gasteiger charge is -1.78. The molecular weight excluding hydrogens is 83.0 g/mol. The van der Waals surface area contributed by atoms with Crippen LogP contribution < -0.4 is 0 Å². The number of hydrogen-bond acceptors (Lipinski definition) is 1. The molecule has 1 N–H and O–H groups in total. The average Bonchev–Trinajstić information content (AvgIpc) is 1.65. The predicted octanol–water partition coefficient (Wildman–Crippen LogP) is 1.77. The fourth-order valence-electron chi connectivity index (χ4n) is 0.0913. The number of halogens is 1. The zero-order valence-electron chi connectivity index (χ0n) is 3.61. The number of aliphatic hydroxyl groups excluding tert-OH is 1. The van der Waals surface area contributed by atoms with E-state index in [0.29, 0.717) is 6.26 Å². The molecule has 36 valence electrons. The van der Waals surface area contributed by atoms with Crippen molar-refractivity contribution in [3.05, 3.63) is 12.1 Å². The van der Waals surface area contributed by atoms with Gasteiger partial charge in [-0.05, 0) is 6.42 Å². The third-order valence-electron chi connectivity index (χ3n) is 0.478. The molecule has 0 saturated heterocycles. The highest BCUT2D eigenvalue weighted by molar-refractivity contribution is 4.80. The summed E-state index contributed by atoms with van der Waals surface area (Å²) in [5, 5.41) is 7.80. The van der Waals surface area contributed by atoms with Crippen molar-refractivity contribution < 1.29 is 9.50 Å². The lowest BCUT2D eigenvalue weighted by atomic mass is 10.4. The van der Waals surface area contributed by atoms with Gasteiger partial charge in [0.2, 0.25) is 0 Å². The Bertz CT molecular complexity index is 58.6. The molecule has 0 amide bonds. The Labute approximate surface area is 36.1 Å². The van der Waals surface area contributed by atoms with Crippen molar-refractivity contribution in [3.63, 3.8) is 0 Å². The Kier molecular flexibility index (Phi) is 2.46. The van der Waals surface area contributed by atoms with Crippen LogP contribution in [0.3, 0.4) is 0 Å². The van der Waals surface area contributed by atoms with Crippen LogP contribution in [0.5, 0.6) is 0 Å². The highest BCUT2D eigenvalue weighted by Gasteiger charge is 1.81. The Hall–Kier alpha value is -0.530. The molecule has 0 bridgehead atoms. The van der Waals surface area contributed by atoms with Gasteiger partial charge in [0, 0.05) is 0 Å². The van der Waals surface area contributed by atoms with E-state index >= 15 is 0 Å². The predicted molar refractivity (Wildman–Crippen MR) is 22.1 cm³/mol. The summed E-state index contributed by atoms with van der Waals surface area (Å²) in [4.78, 5) is 0. The van der Waals surface area contributed by atoms with E-state index in [1.165, 1.54) is 0 Å². The van der Waals surface area contributed by atoms with Gasteiger partial charge in [0.1, 0.15) is 12.1 Å². The van der Waals surface area contributed by atoms with Crippen LogP contribution in [0.4, 0.5) is 4.39 Å². The van der Waals surface area contributed by atoms with Crippen molar-refractivity contribution in [2.75, 3.05) is 0 Å². The molecule has 0 aliphatic carbocycles. The summed E-state index contributed by atoms with van der Waals surface area (Å²) in [6.45, 7) is 1.63. The van der Waals surface area contributed by atoms with Crippen LogP contribution in [-0.4, -0.2) is 5.11 Å². The summed E-state index contributed by atoms with van der Waals surface area (Å²) in [6.07, 6.45) is 0.747. The second kappa shape index (κ2) is 2.69. The van der Waals surface area contributed by atoms with Gasteiger partial charge in [-0.25, -0.2) is 4.39 Å². The SMILES string of the molecule is CCC(F)=CO. The monoisotopic (exact) mass is 90.0 g/mol. The Morgan fingerprint density at radius 3 is 2.50 bits per heavy atom. The summed E-state index contributed by atoms with van der Waals surface area (Å²) >= 11 is 0. The summed E-state index contributed by atoms with van der Waals surface area (Å²) in [6, 6.07) is 0. The quantitative estimate of drug-likeness (QED) is 0.486. The van der Waals surface area contributed by atoms with E-state index in [1.807, 2.05) is 0 Å². The van der Waals surface area contributed by atoms with Gasteiger partial charge in [-0.15, -0.1) is 0 Å². The van der Waals surface area contributed by atoms with E-state index < -0.39 is 5.83 Å². The fraction of sp³-hybridized carbons (Fsp3) is 0.500. The normalized spacial score (nSPS) is 12.0. The van der Waals surface area contributed by atoms with Gasteiger partial charge in [-0.1, -0.05) is 6.92 Å². The maximum atomic E-state index is 11.5. The van der Waals surface area contributed by atoms with Crippen molar-refractivity contribution in [2.24, 2.45) is 0 Å². The van der Waals surface area contributed by atoms with Gasteiger partial charge in [0.15, 0.2) is 0 Å². The van der Waals surface area contributed by atoms with Gasteiger partial charge in [-0.3, -0.25) is 0 Å². The minimum absolute atomic E-state index is 0.274. The van der Waals surface area contributed by atoms with Crippen LogP contribution in [0.2, 0.25) is 0 Å². The molecule has 0 saturated carbocycles. The minimum atomic E-state index is -0.477. The Balaban J connectivity index is 3.22. The molecule has 0 fully saturated rings. The molecule has 0 spiro atoms. The van der Waals surface area contributed by atoms with Crippen LogP contribution in [-0.2, 0) is 0 Å². The number of allylic oxidation sites excluding steroid dienone is 1. The molecule has 0 aromatic heterocycles. The lowest BCUT2D eigenvalue weighted by molar-refractivity contribution is 0.434. The Morgan fingerprint density at radius 1 is 2.00 bits per heavy atom. The fourth-order valence-corrected chi connectivity index (χ4v) is 0.0913. The molecule has 0 aromatic rings. The molecule has 6 heavy (non-hydrogen) atoms. The molecule has 0 aliphatic heterocycles. The van der Waals surface area contributed by atoms with Crippen LogP contribution in [0.1, 0.15) is 13.3 Å². The number of aliphatic hydroxyl groups is 1. The molecule has 1 nitrogen and oxygen atoms in total. The second-order valence-corrected chi connectivity index (χ2v) is 0.930. The number of rotatable bonds is 1. The van der Waals surface area contributed by atoms with E-state index in [9.17, 15) is 4.39 Å².